The van der Waals surface area contributed by atoms with Crippen LogP contribution in [-0.4, -0.2) is 23.0 Å². The molecule has 0 saturated heterocycles. The standard InChI is InChI=1S/C8H9N3/c1-5-2-9-3-6(5)7-4-10-11-8(1)7/h2,4-6H,1,3H2,(H,10,11). The lowest BCUT2D eigenvalue weighted by atomic mass is 9.97. The fraction of sp³-hybridized carbons (Fsp3) is 0.500. The molecular formula is C8H9N3. The monoisotopic (exact) mass is 147 g/mol. The Kier molecular flexibility index (Phi) is 0.866. The first-order valence-corrected chi connectivity index (χ1v) is 3.97. The fourth-order valence-corrected chi connectivity index (χ4v) is 2.11. The molecule has 11 heavy (non-hydrogen) atoms. The van der Waals surface area contributed by atoms with Crippen LogP contribution in [0.3, 0.4) is 0 Å². The molecule has 0 saturated carbocycles. The van der Waals surface area contributed by atoms with Crippen LogP contribution < -0.4 is 0 Å². The third-order valence-electron chi connectivity index (χ3n) is 2.71. The molecule has 0 fully saturated rings. The third kappa shape index (κ3) is 0.582. The lowest BCUT2D eigenvalue weighted by Gasteiger charge is -2.04. The minimum absolute atomic E-state index is 0.642. The van der Waals surface area contributed by atoms with E-state index in [2.05, 4.69) is 21.4 Å². The van der Waals surface area contributed by atoms with Crippen LogP contribution in [-0.2, 0) is 6.42 Å². The average molecular weight is 147 g/mol. The van der Waals surface area contributed by atoms with E-state index in [9.17, 15) is 0 Å². The zero-order valence-electron chi connectivity index (χ0n) is 6.12. The van der Waals surface area contributed by atoms with E-state index in [1.54, 1.807) is 0 Å². The van der Waals surface area contributed by atoms with E-state index in [0.29, 0.717) is 11.8 Å². The van der Waals surface area contributed by atoms with Crippen molar-refractivity contribution in [3.8, 4) is 0 Å². The second-order valence-corrected chi connectivity index (χ2v) is 3.29. The van der Waals surface area contributed by atoms with E-state index in [-0.39, 0.29) is 0 Å². The average Bonchev–Trinajstić information content (AvgIpc) is 2.52. The van der Waals surface area contributed by atoms with E-state index < -0.39 is 0 Å². The smallest absolute Gasteiger partial charge is 0.0525 e. The topological polar surface area (TPSA) is 41.0 Å². The molecule has 1 aromatic heterocycles. The van der Waals surface area contributed by atoms with Gasteiger partial charge in [-0.15, -0.1) is 0 Å². The minimum Gasteiger partial charge on any atom is -0.297 e. The normalized spacial score (nSPS) is 32.4. The van der Waals surface area contributed by atoms with E-state index in [1.807, 2.05) is 6.20 Å². The number of aliphatic imine (C=N–C) groups is 1. The molecule has 2 heterocycles. The number of H-pyrrole nitrogens is 1. The number of nitrogens with one attached hydrogen (secondary N) is 1. The van der Waals surface area contributed by atoms with Crippen molar-refractivity contribution in [2.75, 3.05) is 6.54 Å². The molecule has 0 spiro atoms. The van der Waals surface area contributed by atoms with E-state index in [4.69, 9.17) is 0 Å². The van der Waals surface area contributed by atoms with Gasteiger partial charge in [-0.05, 0) is 12.0 Å². The van der Waals surface area contributed by atoms with Crippen LogP contribution in [0.4, 0.5) is 0 Å². The van der Waals surface area contributed by atoms with Crippen molar-refractivity contribution in [2.24, 2.45) is 10.9 Å². The summed E-state index contributed by atoms with van der Waals surface area (Å²) in [6.07, 6.45) is 5.16. The van der Waals surface area contributed by atoms with Gasteiger partial charge in [-0.3, -0.25) is 10.1 Å². The molecule has 3 heteroatoms. The van der Waals surface area contributed by atoms with E-state index in [1.165, 1.54) is 11.3 Å². The number of hydrogen-bond donors (Lipinski definition) is 1. The third-order valence-corrected chi connectivity index (χ3v) is 2.71. The summed E-state index contributed by atoms with van der Waals surface area (Å²) in [4.78, 5) is 4.28. The van der Waals surface area contributed by atoms with Crippen molar-refractivity contribution < 1.29 is 0 Å². The first-order chi connectivity index (χ1) is 5.45. The Morgan fingerprint density at radius 2 is 2.55 bits per heavy atom. The lowest BCUT2D eigenvalue weighted by molar-refractivity contribution is 0.632. The molecule has 0 bridgehead atoms. The summed E-state index contributed by atoms with van der Waals surface area (Å²) < 4.78 is 0. The summed E-state index contributed by atoms with van der Waals surface area (Å²) in [5.41, 5.74) is 2.72. The highest BCUT2D eigenvalue weighted by molar-refractivity contribution is 5.68. The van der Waals surface area contributed by atoms with Gasteiger partial charge in [0, 0.05) is 30.3 Å². The van der Waals surface area contributed by atoms with Crippen LogP contribution in [0.1, 0.15) is 17.2 Å². The largest absolute Gasteiger partial charge is 0.297 e. The first kappa shape index (κ1) is 5.52. The van der Waals surface area contributed by atoms with Gasteiger partial charge in [0.15, 0.2) is 0 Å². The highest BCUT2D eigenvalue weighted by atomic mass is 15.1. The van der Waals surface area contributed by atoms with Crippen molar-refractivity contribution in [2.45, 2.75) is 12.3 Å². The van der Waals surface area contributed by atoms with Crippen molar-refractivity contribution in [1.29, 1.82) is 0 Å². The Balaban J connectivity index is 2.11. The number of hydrogen-bond acceptors (Lipinski definition) is 2. The van der Waals surface area contributed by atoms with E-state index in [0.717, 1.165) is 13.0 Å². The molecule has 2 atom stereocenters. The number of fused-ring (bicyclic) bond motifs is 3. The van der Waals surface area contributed by atoms with E-state index >= 15 is 0 Å². The highest BCUT2D eigenvalue weighted by Gasteiger charge is 2.35. The predicted octanol–water partition coefficient (Wildman–Crippen LogP) is 0.750. The predicted molar refractivity (Wildman–Crippen MR) is 41.9 cm³/mol. The zero-order chi connectivity index (χ0) is 7.26. The van der Waals surface area contributed by atoms with Crippen molar-refractivity contribution in [1.82, 2.24) is 10.2 Å². The Hall–Kier alpha value is -1.12. The molecule has 0 radical (unpaired) electrons. The Morgan fingerprint density at radius 3 is 3.55 bits per heavy atom. The number of nitrogens with zero attached hydrogens (tertiary/aromatic N) is 2. The fourth-order valence-electron chi connectivity index (χ4n) is 2.11. The summed E-state index contributed by atoms with van der Waals surface area (Å²) in [7, 11) is 0. The first-order valence-electron chi connectivity index (χ1n) is 3.97. The molecule has 0 amide bonds. The van der Waals surface area contributed by atoms with Gasteiger partial charge < -0.3 is 0 Å². The van der Waals surface area contributed by atoms with Gasteiger partial charge in [-0.25, -0.2) is 0 Å². The Labute approximate surface area is 64.5 Å². The van der Waals surface area contributed by atoms with Crippen LogP contribution >= 0.6 is 0 Å². The van der Waals surface area contributed by atoms with Crippen LogP contribution in [0.2, 0.25) is 0 Å². The molecule has 1 aliphatic carbocycles. The number of aromatic amines is 1. The maximum atomic E-state index is 4.28. The highest BCUT2D eigenvalue weighted by Crippen LogP contribution is 2.38. The molecule has 1 aromatic rings. The number of aromatic nitrogens is 2. The maximum absolute atomic E-state index is 4.28. The molecule has 1 aliphatic heterocycles. The second kappa shape index (κ2) is 1.72. The Bertz CT molecular complexity index is 313. The summed E-state index contributed by atoms with van der Waals surface area (Å²) in [5, 5.41) is 7.06. The van der Waals surface area contributed by atoms with Crippen molar-refractivity contribution in [3.05, 3.63) is 17.5 Å². The molecule has 1 N–H and O–H groups in total. The van der Waals surface area contributed by atoms with Crippen LogP contribution in [0.15, 0.2) is 11.2 Å². The molecule has 3 nitrogen and oxygen atoms in total. The van der Waals surface area contributed by atoms with Crippen molar-refractivity contribution in [3.63, 3.8) is 0 Å². The van der Waals surface area contributed by atoms with Gasteiger partial charge in [0.1, 0.15) is 0 Å². The second-order valence-electron chi connectivity index (χ2n) is 3.29. The van der Waals surface area contributed by atoms with Crippen LogP contribution in [0, 0.1) is 5.92 Å². The molecule has 56 valence electrons. The maximum Gasteiger partial charge on any atom is 0.0525 e. The quantitative estimate of drug-likeness (QED) is 0.578. The minimum atomic E-state index is 0.642. The van der Waals surface area contributed by atoms with Gasteiger partial charge >= 0.3 is 0 Å². The number of rotatable bonds is 0. The van der Waals surface area contributed by atoms with Gasteiger partial charge in [-0.1, -0.05) is 0 Å². The van der Waals surface area contributed by atoms with Crippen molar-refractivity contribution >= 4 is 6.21 Å². The SMILES string of the molecule is C1=NCC2c3cn[nH]c3CC12. The van der Waals surface area contributed by atoms with Gasteiger partial charge in [0.25, 0.3) is 0 Å². The van der Waals surface area contributed by atoms with Gasteiger partial charge in [0.05, 0.1) is 6.20 Å². The molecular weight excluding hydrogens is 138 g/mol. The summed E-state index contributed by atoms with van der Waals surface area (Å²) in [6, 6.07) is 0. The van der Waals surface area contributed by atoms with Crippen LogP contribution in [0.5, 0.6) is 0 Å². The Morgan fingerprint density at radius 1 is 1.55 bits per heavy atom. The van der Waals surface area contributed by atoms with Gasteiger partial charge in [0.2, 0.25) is 0 Å². The summed E-state index contributed by atoms with van der Waals surface area (Å²) in [5.74, 6) is 1.31. The van der Waals surface area contributed by atoms with Gasteiger partial charge in [-0.2, -0.15) is 5.10 Å². The van der Waals surface area contributed by atoms with Crippen LogP contribution in [0.25, 0.3) is 0 Å². The molecule has 2 aliphatic rings. The molecule has 3 rings (SSSR count). The summed E-state index contributed by atoms with van der Waals surface area (Å²) in [6.45, 7) is 0.969. The molecule has 2 unspecified atom stereocenters. The zero-order valence-corrected chi connectivity index (χ0v) is 6.12. The summed E-state index contributed by atoms with van der Waals surface area (Å²) >= 11 is 0. The molecule has 0 aromatic carbocycles. The lowest BCUT2D eigenvalue weighted by Crippen LogP contribution is -2.04.